The summed E-state index contributed by atoms with van der Waals surface area (Å²) >= 11 is 0. The van der Waals surface area contributed by atoms with Gasteiger partial charge in [-0.15, -0.1) is 6.58 Å². The molecule has 0 saturated heterocycles. The van der Waals surface area contributed by atoms with Gasteiger partial charge < -0.3 is 15.7 Å². The Morgan fingerprint density at radius 3 is 2.25 bits per heavy atom. The molecule has 0 saturated carbocycles. The van der Waals surface area contributed by atoms with Crippen LogP contribution in [0.25, 0.3) is 0 Å². The second kappa shape index (κ2) is 6.87. The molecule has 0 bridgehead atoms. The monoisotopic (exact) mass is 228 g/mol. The van der Waals surface area contributed by atoms with Crippen LogP contribution in [0.1, 0.15) is 27.2 Å². The van der Waals surface area contributed by atoms with Crippen LogP contribution in [0.2, 0.25) is 0 Å². The van der Waals surface area contributed by atoms with Crippen LogP contribution in [0.4, 0.5) is 4.79 Å². The van der Waals surface area contributed by atoms with E-state index in [0.717, 1.165) is 0 Å². The first kappa shape index (κ1) is 14.5. The number of carboxylic acid groups (broad SMARTS) is 1. The van der Waals surface area contributed by atoms with Crippen molar-refractivity contribution in [2.75, 3.05) is 0 Å². The molecule has 16 heavy (non-hydrogen) atoms. The molecule has 0 heterocycles. The highest BCUT2D eigenvalue weighted by Gasteiger charge is 2.23. The van der Waals surface area contributed by atoms with Crippen molar-refractivity contribution in [3.05, 3.63) is 12.7 Å². The fourth-order valence-corrected chi connectivity index (χ4v) is 1.23. The minimum Gasteiger partial charge on any atom is -0.480 e. The number of hydrogen-bond acceptors (Lipinski definition) is 2. The summed E-state index contributed by atoms with van der Waals surface area (Å²) in [7, 11) is 0. The predicted molar refractivity (Wildman–Crippen MR) is 62.2 cm³/mol. The number of amides is 2. The van der Waals surface area contributed by atoms with Crippen LogP contribution in [-0.4, -0.2) is 29.2 Å². The normalized spacial score (nSPS) is 14.0. The van der Waals surface area contributed by atoms with Crippen molar-refractivity contribution >= 4 is 12.0 Å². The molecule has 3 N–H and O–H groups in total. The Morgan fingerprint density at radius 2 is 1.88 bits per heavy atom. The van der Waals surface area contributed by atoms with Crippen molar-refractivity contribution in [1.82, 2.24) is 10.6 Å². The second-order valence-corrected chi connectivity index (χ2v) is 4.10. The molecule has 0 spiro atoms. The Kier molecular flexibility index (Phi) is 6.22. The lowest BCUT2D eigenvalue weighted by molar-refractivity contribution is -0.140. The molecule has 0 rings (SSSR count). The average Bonchev–Trinajstić information content (AvgIpc) is 2.13. The maximum absolute atomic E-state index is 11.4. The van der Waals surface area contributed by atoms with Gasteiger partial charge in [-0.05, 0) is 19.3 Å². The van der Waals surface area contributed by atoms with Crippen LogP contribution in [0.15, 0.2) is 12.7 Å². The standard InChI is InChI=1S/C11H20N2O3/c1-5-6-8(4)12-11(16)13-9(7(2)3)10(14)15/h5,7-9H,1,6H2,2-4H3,(H,14,15)(H2,12,13,16). The van der Waals surface area contributed by atoms with Crippen LogP contribution in [0.5, 0.6) is 0 Å². The summed E-state index contributed by atoms with van der Waals surface area (Å²) in [5.41, 5.74) is 0. The van der Waals surface area contributed by atoms with E-state index in [2.05, 4.69) is 17.2 Å². The molecule has 0 aliphatic carbocycles. The zero-order valence-corrected chi connectivity index (χ0v) is 9.99. The molecular weight excluding hydrogens is 208 g/mol. The maximum Gasteiger partial charge on any atom is 0.326 e. The summed E-state index contributed by atoms with van der Waals surface area (Å²) in [5.74, 6) is -1.18. The van der Waals surface area contributed by atoms with Crippen molar-refractivity contribution in [3.63, 3.8) is 0 Å². The van der Waals surface area contributed by atoms with E-state index in [9.17, 15) is 9.59 Å². The number of rotatable bonds is 6. The molecule has 0 aromatic heterocycles. The Labute approximate surface area is 95.9 Å². The summed E-state index contributed by atoms with van der Waals surface area (Å²) in [5, 5.41) is 13.9. The van der Waals surface area contributed by atoms with Gasteiger partial charge in [0.05, 0.1) is 0 Å². The van der Waals surface area contributed by atoms with E-state index >= 15 is 0 Å². The third-order valence-corrected chi connectivity index (χ3v) is 2.12. The lowest BCUT2D eigenvalue weighted by Gasteiger charge is -2.20. The zero-order valence-electron chi connectivity index (χ0n) is 9.99. The quantitative estimate of drug-likeness (QED) is 0.601. The largest absolute Gasteiger partial charge is 0.480 e. The summed E-state index contributed by atoms with van der Waals surface area (Å²) in [6.07, 6.45) is 2.34. The van der Waals surface area contributed by atoms with Crippen molar-refractivity contribution in [2.24, 2.45) is 5.92 Å². The van der Waals surface area contributed by atoms with Gasteiger partial charge in [0.1, 0.15) is 6.04 Å². The van der Waals surface area contributed by atoms with E-state index < -0.39 is 18.0 Å². The van der Waals surface area contributed by atoms with E-state index in [-0.39, 0.29) is 12.0 Å². The molecule has 0 aliphatic rings. The number of nitrogens with one attached hydrogen (secondary N) is 2. The molecule has 0 fully saturated rings. The Hall–Kier alpha value is -1.52. The van der Waals surface area contributed by atoms with Gasteiger partial charge in [-0.2, -0.15) is 0 Å². The van der Waals surface area contributed by atoms with Gasteiger partial charge in [-0.1, -0.05) is 19.9 Å². The molecule has 92 valence electrons. The zero-order chi connectivity index (χ0) is 12.7. The van der Waals surface area contributed by atoms with E-state index in [4.69, 9.17) is 5.11 Å². The first-order chi connectivity index (χ1) is 7.38. The van der Waals surface area contributed by atoms with Gasteiger partial charge in [0, 0.05) is 6.04 Å². The topological polar surface area (TPSA) is 78.4 Å². The molecule has 2 unspecified atom stereocenters. The van der Waals surface area contributed by atoms with Crippen LogP contribution in [-0.2, 0) is 4.79 Å². The summed E-state index contributed by atoms with van der Waals surface area (Å²) in [6, 6.07) is -1.38. The van der Waals surface area contributed by atoms with E-state index in [0.29, 0.717) is 6.42 Å². The third kappa shape index (κ3) is 5.38. The van der Waals surface area contributed by atoms with Gasteiger partial charge in [0.15, 0.2) is 0 Å². The van der Waals surface area contributed by atoms with Crippen molar-refractivity contribution in [1.29, 1.82) is 0 Å². The molecule has 0 aromatic carbocycles. The first-order valence-corrected chi connectivity index (χ1v) is 5.29. The number of carbonyl (C=O) groups is 2. The molecule has 5 nitrogen and oxygen atoms in total. The number of hydrogen-bond donors (Lipinski definition) is 3. The van der Waals surface area contributed by atoms with Crippen LogP contribution in [0.3, 0.4) is 0 Å². The van der Waals surface area contributed by atoms with E-state index in [1.807, 2.05) is 6.92 Å². The molecule has 2 atom stereocenters. The molecule has 2 amide bonds. The van der Waals surface area contributed by atoms with E-state index in [1.54, 1.807) is 19.9 Å². The SMILES string of the molecule is C=CCC(C)NC(=O)NC(C(=O)O)C(C)C. The molecule has 0 radical (unpaired) electrons. The van der Waals surface area contributed by atoms with Crippen molar-refractivity contribution < 1.29 is 14.7 Å². The fraction of sp³-hybridized carbons (Fsp3) is 0.636. The predicted octanol–water partition coefficient (Wildman–Crippen LogP) is 1.36. The lowest BCUT2D eigenvalue weighted by atomic mass is 10.1. The summed E-state index contributed by atoms with van der Waals surface area (Å²) in [6.45, 7) is 8.87. The number of urea groups is 1. The van der Waals surface area contributed by atoms with Gasteiger partial charge in [-0.3, -0.25) is 0 Å². The Bertz CT molecular complexity index is 264. The van der Waals surface area contributed by atoms with Gasteiger partial charge in [0.25, 0.3) is 0 Å². The van der Waals surface area contributed by atoms with Gasteiger partial charge in [0.2, 0.25) is 0 Å². The second-order valence-electron chi connectivity index (χ2n) is 4.10. The highest BCUT2D eigenvalue weighted by Crippen LogP contribution is 2.01. The maximum atomic E-state index is 11.4. The minimum absolute atomic E-state index is 0.0564. The fourth-order valence-electron chi connectivity index (χ4n) is 1.23. The van der Waals surface area contributed by atoms with Crippen molar-refractivity contribution in [3.8, 4) is 0 Å². The van der Waals surface area contributed by atoms with Gasteiger partial charge >= 0.3 is 12.0 Å². The average molecular weight is 228 g/mol. The number of carbonyl (C=O) groups excluding carboxylic acids is 1. The number of carboxylic acids is 1. The Balaban J connectivity index is 4.20. The smallest absolute Gasteiger partial charge is 0.326 e. The third-order valence-electron chi connectivity index (χ3n) is 2.12. The lowest BCUT2D eigenvalue weighted by Crippen LogP contribution is -2.50. The highest BCUT2D eigenvalue weighted by atomic mass is 16.4. The van der Waals surface area contributed by atoms with Crippen LogP contribution < -0.4 is 10.6 Å². The molecular formula is C11H20N2O3. The number of aliphatic carboxylic acids is 1. The first-order valence-electron chi connectivity index (χ1n) is 5.29. The molecule has 5 heteroatoms. The summed E-state index contributed by atoms with van der Waals surface area (Å²) < 4.78 is 0. The summed E-state index contributed by atoms with van der Waals surface area (Å²) in [4.78, 5) is 22.3. The Morgan fingerprint density at radius 1 is 1.31 bits per heavy atom. The van der Waals surface area contributed by atoms with Crippen molar-refractivity contribution in [2.45, 2.75) is 39.3 Å². The minimum atomic E-state index is -1.03. The van der Waals surface area contributed by atoms with Gasteiger partial charge in [-0.25, -0.2) is 9.59 Å². The van der Waals surface area contributed by atoms with Crippen LogP contribution >= 0.6 is 0 Å². The van der Waals surface area contributed by atoms with Crippen LogP contribution in [0, 0.1) is 5.92 Å². The molecule has 0 aliphatic heterocycles. The van der Waals surface area contributed by atoms with E-state index in [1.165, 1.54) is 0 Å². The highest BCUT2D eigenvalue weighted by molar-refractivity contribution is 5.82. The molecule has 0 aromatic rings.